The van der Waals surface area contributed by atoms with E-state index in [1.807, 2.05) is 25.1 Å². The molecule has 0 atom stereocenters. The second kappa shape index (κ2) is 10.6. The third-order valence-electron chi connectivity index (χ3n) is 6.60. The Bertz CT molecular complexity index is 984. The molecule has 6 heteroatoms. The quantitative estimate of drug-likeness (QED) is 0.545. The third-order valence-corrected chi connectivity index (χ3v) is 7.24. The fourth-order valence-electron chi connectivity index (χ4n) is 4.54. The van der Waals surface area contributed by atoms with Gasteiger partial charge in [0.05, 0.1) is 18.0 Å². The minimum atomic E-state index is -0.184. The maximum atomic E-state index is 14.3. The summed E-state index contributed by atoms with van der Waals surface area (Å²) in [7, 11) is 0. The molecule has 1 saturated heterocycles. The van der Waals surface area contributed by atoms with E-state index in [-0.39, 0.29) is 5.82 Å². The Morgan fingerprint density at radius 1 is 1.28 bits per heavy atom. The lowest BCUT2D eigenvalue weighted by molar-refractivity contribution is 0.195. The molecule has 3 N–H and O–H groups in total. The number of nitrogens with one attached hydrogen (secondary N) is 1. The summed E-state index contributed by atoms with van der Waals surface area (Å²) in [5, 5.41) is 9.14. The third kappa shape index (κ3) is 5.80. The van der Waals surface area contributed by atoms with E-state index in [1.165, 1.54) is 35.3 Å². The van der Waals surface area contributed by atoms with Crippen LogP contribution >= 0.6 is 11.9 Å². The van der Waals surface area contributed by atoms with Gasteiger partial charge in [-0.1, -0.05) is 48.4 Å². The molecule has 2 aliphatic heterocycles. The Morgan fingerprint density at radius 2 is 2.09 bits per heavy atom. The molecule has 32 heavy (non-hydrogen) atoms. The molecular weight excluding hydrogens is 419 g/mol. The van der Waals surface area contributed by atoms with Crippen molar-refractivity contribution in [1.82, 2.24) is 10.2 Å². The molecular formula is C26H33FN4S. The number of halogens is 1. The molecule has 1 aromatic carbocycles. The monoisotopic (exact) mass is 452 g/mol. The lowest BCUT2D eigenvalue weighted by Gasteiger charge is -2.33. The van der Waals surface area contributed by atoms with E-state index in [0.717, 1.165) is 61.6 Å². The van der Waals surface area contributed by atoms with E-state index < -0.39 is 0 Å². The van der Waals surface area contributed by atoms with Crippen LogP contribution in [0.15, 0.2) is 64.2 Å². The van der Waals surface area contributed by atoms with Crippen molar-refractivity contribution in [2.75, 3.05) is 32.7 Å². The van der Waals surface area contributed by atoms with E-state index in [0.29, 0.717) is 18.0 Å². The smallest absolute Gasteiger partial charge is 0.131 e. The second-order valence-electron chi connectivity index (χ2n) is 9.01. The number of piperidine rings is 1. The van der Waals surface area contributed by atoms with Crippen molar-refractivity contribution in [2.24, 2.45) is 16.0 Å². The zero-order valence-electron chi connectivity index (χ0n) is 18.9. The number of hydrogen-bond acceptors (Lipinski definition) is 5. The Hall–Kier alpha value is -2.15. The summed E-state index contributed by atoms with van der Waals surface area (Å²) < 4.78 is 14.3. The molecule has 0 amide bonds. The Labute approximate surface area is 195 Å². The van der Waals surface area contributed by atoms with Gasteiger partial charge in [0.25, 0.3) is 0 Å². The normalized spacial score (nSPS) is 19.8. The topological polar surface area (TPSA) is 53.6 Å². The molecule has 0 unspecified atom stereocenters. The van der Waals surface area contributed by atoms with Crippen LogP contribution in [0.4, 0.5) is 4.39 Å². The number of benzene rings is 1. The van der Waals surface area contributed by atoms with Crippen molar-refractivity contribution in [2.45, 2.75) is 32.6 Å². The van der Waals surface area contributed by atoms with Gasteiger partial charge >= 0.3 is 0 Å². The summed E-state index contributed by atoms with van der Waals surface area (Å²) in [5.74, 6) is 0.459. The molecule has 3 aliphatic rings. The minimum absolute atomic E-state index is 0.184. The summed E-state index contributed by atoms with van der Waals surface area (Å²) in [5.41, 5.74) is 5.66. The number of aryl methyl sites for hydroxylation is 1. The minimum Gasteiger partial charge on any atom is -0.384 e. The van der Waals surface area contributed by atoms with Gasteiger partial charge in [-0.25, -0.2) is 4.39 Å². The molecule has 2 heterocycles. The van der Waals surface area contributed by atoms with Gasteiger partial charge < -0.3 is 5.32 Å². The van der Waals surface area contributed by atoms with E-state index in [1.54, 1.807) is 6.07 Å². The zero-order valence-corrected chi connectivity index (χ0v) is 19.7. The van der Waals surface area contributed by atoms with Gasteiger partial charge in [-0.05, 0) is 74.9 Å². The SMILES string of the molecule is C=C(NCC1CCN(CC2=CC=C(SN)CC2)CC1)C1=NCC(c2ccc(C)cc2F)=C1. The molecule has 1 fully saturated rings. The summed E-state index contributed by atoms with van der Waals surface area (Å²) in [6, 6.07) is 5.36. The van der Waals surface area contributed by atoms with Crippen LogP contribution in [-0.2, 0) is 0 Å². The van der Waals surface area contributed by atoms with Crippen LogP contribution < -0.4 is 10.5 Å². The molecule has 1 aromatic rings. The molecule has 0 aromatic heterocycles. The van der Waals surface area contributed by atoms with Crippen LogP contribution in [-0.4, -0.2) is 43.3 Å². The first-order valence-corrected chi connectivity index (χ1v) is 12.3. The first-order valence-electron chi connectivity index (χ1n) is 11.4. The number of hydrogen-bond donors (Lipinski definition) is 2. The van der Waals surface area contributed by atoms with E-state index in [9.17, 15) is 4.39 Å². The standard InChI is InChI=1S/C26H33FN4S/c1-18-3-8-24(25(27)13-18)22-14-26(30-16-22)19(2)29-15-20-9-11-31(12-10-20)17-21-4-6-23(32-28)7-5-21/h3-4,6,8,13-14,20,29H,2,5,7,9-12,15-17,28H2,1H3. The lowest BCUT2D eigenvalue weighted by Crippen LogP contribution is -2.38. The number of nitrogens with zero attached hydrogens (tertiary/aromatic N) is 2. The molecule has 4 rings (SSSR count). The van der Waals surface area contributed by atoms with Gasteiger partial charge in [-0.2, -0.15) is 0 Å². The molecule has 0 bridgehead atoms. The number of allylic oxidation sites excluding steroid dienone is 4. The highest BCUT2D eigenvalue weighted by Gasteiger charge is 2.21. The average molecular weight is 453 g/mol. The number of likely N-dealkylation sites (tertiary alicyclic amines) is 1. The Morgan fingerprint density at radius 3 is 2.78 bits per heavy atom. The van der Waals surface area contributed by atoms with Gasteiger partial charge in [-0.3, -0.25) is 15.0 Å². The van der Waals surface area contributed by atoms with E-state index in [4.69, 9.17) is 5.14 Å². The van der Waals surface area contributed by atoms with Crippen LogP contribution in [0.25, 0.3) is 5.57 Å². The van der Waals surface area contributed by atoms with Crippen LogP contribution in [0.5, 0.6) is 0 Å². The zero-order chi connectivity index (χ0) is 22.5. The largest absolute Gasteiger partial charge is 0.384 e. The van der Waals surface area contributed by atoms with E-state index in [2.05, 4.69) is 33.9 Å². The maximum Gasteiger partial charge on any atom is 0.131 e. The van der Waals surface area contributed by atoms with Gasteiger partial charge in [0.2, 0.25) is 0 Å². The van der Waals surface area contributed by atoms with Crippen LogP contribution in [0.3, 0.4) is 0 Å². The van der Waals surface area contributed by atoms with Crippen molar-refractivity contribution in [1.29, 1.82) is 0 Å². The first kappa shape index (κ1) is 23.0. The Kier molecular flexibility index (Phi) is 7.66. The van der Waals surface area contributed by atoms with Crippen LogP contribution in [0.2, 0.25) is 0 Å². The number of rotatable bonds is 8. The van der Waals surface area contributed by atoms with Crippen molar-refractivity contribution >= 4 is 23.2 Å². The van der Waals surface area contributed by atoms with Gasteiger partial charge in [0, 0.05) is 23.6 Å². The van der Waals surface area contributed by atoms with Crippen molar-refractivity contribution in [3.63, 3.8) is 0 Å². The van der Waals surface area contributed by atoms with Crippen LogP contribution in [0.1, 0.15) is 36.8 Å². The van der Waals surface area contributed by atoms with Crippen molar-refractivity contribution < 1.29 is 4.39 Å². The van der Waals surface area contributed by atoms with E-state index >= 15 is 0 Å². The molecule has 170 valence electrons. The van der Waals surface area contributed by atoms with Gasteiger partial charge in [-0.15, -0.1) is 0 Å². The molecule has 1 aliphatic carbocycles. The van der Waals surface area contributed by atoms with Gasteiger partial charge in [0.1, 0.15) is 5.82 Å². The van der Waals surface area contributed by atoms with Gasteiger partial charge in [0.15, 0.2) is 0 Å². The molecule has 0 saturated carbocycles. The predicted octanol–water partition coefficient (Wildman–Crippen LogP) is 5.00. The predicted molar refractivity (Wildman–Crippen MR) is 135 cm³/mol. The molecule has 4 nitrogen and oxygen atoms in total. The van der Waals surface area contributed by atoms with Crippen molar-refractivity contribution in [3.8, 4) is 0 Å². The Balaban J connectivity index is 1.21. The highest BCUT2D eigenvalue weighted by molar-refractivity contribution is 8.00. The summed E-state index contributed by atoms with van der Waals surface area (Å²) >= 11 is 1.37. The lowest BCUT2D eigenvalue weighted by atomic mass is 9.95. The highest BCUT2D eigenvalue weighted by Crippen LogP contribution is 2.26. The van der Waals surface area contributed by atoms with Crippen LogP contribution in [0, 0.1) is 18.7 Å². The average Bonchev–Trinajstić information content (AvgIpc) is 3.29. The second-order valence-corrected chi connectivity index (χ2v) is 9.77. The molecule has 0 spiro atoms. The number of aliphatic imine (C=N–C) groups is 1. The molecule has 0 radical (unpaired) electrons. The van der Waals surface area contributed by atoms with Crippen molar-refractivity contribution in [3.05, 3.63) is 76.1 Å². The highest BCUT2D eigenvalue weighted by atomic mass is 32.2. The summed E-state index contributed by atoms with van der Waals surface area (Å²) in [6.07, 6.45) is 11.0. The first-order chi connectivity index (χ1) is 15.5. The fraction of sp³-hybridized carbons (Fsp3) is 0.423. The number of nitrogens with two attached hydrogens (primary N) is 1. The fourth-order valence-corrected chi connectivity index (χ4v) is 4.90. The summed E-state index contributed by atoms with van der Waals surface area (Å²) in [4.78, 5) is 8.42. The maximum absolute atomic E-state index is 14.3. The summed E-state index contributed by atoms with van der Waals surface area (Å²) in [6.45, 7) is 10.8.